The van der Waals surface area contributed by atoms with Crippen molar-refractivity contribution in [2.75, 3.05) is 25.5 Å². The van der Waals surface area contributed by atoms with Crippen LogP contribution in [0.1, 0.15) is 23.2 Å². The number of piperidine rings is 1. The molecule has 3 rings (SSSR count). The molecule has 7 nitrogen and oxygen atoms in total. The van der Waals surface area contributed by atoms with E-state index in [4.69, 9.17) is 11.6 Å². The van der Waals surface area contributed by atoms with E-state index < -0.39 is 11.4 Å². The number of benzene rings is 1. The average Bonchev–Trinajstić information content (AvgIpc) is 3.07. The molecule has 2 amide bonds. The van der Waals surface area contributed by atoms with Gasteiger partial charge in [0.05, 0.1) is 5.02 Å². The number of aryl methyl sites for hydroxylation is 1. The number of carbonyl (C=O) groups excluding carboxylic acids is 2. The Morgan fingerprint density at radius 3 is 2.52 bits per heavy atom. The predicted molar refractivity (Wildman–Crippen MR) is 100 cm³/mol. The lowest BCUT2D eigenvalue weighted by molar-refractivity contribution is -0.126. The lowest BCUT2D eigenvalue weighted by Gasteiger charge is -2.41. The highest BCUT2D eigenvalue weighted by molar-refractivity contribution is 6.31. The molecule has 2 N–H and O–H groups in total. The number of carbonyl (C=O) groups is 2. The lowest BCUT2D eigenvalue weighted by Crippen LogP contribution is -2.58. The molecule has 1 saturated heterocycles. The molecule has 1 aromatic heterocycles. The van der Waals surface area contributed by atoms with Gasteiger partial charge < -0.3 is 15.5 Å². The molecule has 1 fully saturated rings. The molecule has 0 aliphatic carbocycles. The van der Waals surface area contributed by atoms with Crippen molar-refractivity contribution in [3.8, 4) is 0 Å². The molecule has 144 valence electrons. The van der Waals surface area contributed by atoms with E-state index in [-0.39, 0.29) is 16.8 Å². The first-order valence-corrected chi connectivity index (χ1v) is 8.97. The van der Waals surface area contributed by atoms with Crippen LogP contribution in [0, 0.1) is 5.82 Å². The molecule has 1 aromatic carbocycles. The van der Waals surface area contributed by atoms with Gasteiger partial charge >= 0.3 is 0 Å². The van der Waals surface area contributed by atoms with E-state index in [0.29, 0.717) is 37.3 Å². The topological polar surface area (TPSA) is 79.3 Å². The van der Waals surface area contributed by atoms with Gasteiger partial charge in [0.2, 0.25) is 5.91 Å². The Kier molecular flexibility index (Phi) is 5.36. The number of halogens is 2. The Labute approximate surface area is 161 Å². The Morgan fingerprint density at radius 2 is 1.96 bits per heavy atom. The van der Waals surface area contributed by atoms with Gasteiger partial charge in [-0.15, -0.1) is 0 Å². The number of rotatable bonds is 4. The van der Waals surface area contributed by atoms with Gasteiger partial charge in [-0.3, -0.25) is 14.3 Å². The van der Waals surface area contributed by atoms with E-state index in [1.165, 1.54) is 18.2 Å². The van der Waals surface area contributed by atoms with Gasteiger partial charge in [0.15, 0.2) is 0 Å². The number of hydrogen-bond acceptors (Lipinski definition) is 4. The number of amides is 2. The minimum absolute atomic E-state index is 0.0885. The van der Waals surface area contributed by atoms with Gasteiger partial charge in [-0.25, -0.2) is 4.39 Å². The zero-order chi connectivity index (χ0) is 19.6. The molecular formula is C18H21ClFN5O2. The van der Waals surface area contributed by atoms with Crippen molar-refractivity contribution in [1.82, 2.24) is 20.0 Å². The fraction of sp³-hybridized carbons (Fsp3) is 0.389. The third kappa shape index (κ3) is 3.90. The van der Waals surface area contributed by atoms with Gasteiger partial charge in [-0.1, -0.05) is 11.6 Å². The molecule has 1 aliphatic heterocycles. The molecule has 9 heteroatoms. The molecular weight excluding hydrogens is 373 g/mol. The summed E-state index contributed by atoms with van der Waals surface area (Å²) in [4.78, 5) is 26.9. The van der Waals surface area contributed by atoms with Crippen molar-refractivity contribution in [3.63, 3.8) is 0 Å². The van der Waals surface area contributed by atoms with Crippen LogP contribution in [-0.2, 0) is 11.8 Å². The Morgan fingerprint density at radius 1 is 1.26 bits per heavy atom. The molecule has 0 radical (unpaired) electrons. The normalized spacial score (nSPS) is 16.1. The van der Waals surface area contributed by atoms with E-state index in [2.05, 4.69) is 15.7 Å². The molecule has 0 atom stereocenters. The van der Waals surface area contributed by atoms with Crippen LogP contribution in [0.15, 0.2) is 30.5 Å². The average molecular weight is 394 g/mol. The van der Waals surface area contributed by atoms with Crippen molar-refractivity contribution in [3.05, 3.63) is 46.9 Å². The smallest absolute Gasteiger partial charge is 0.253 e. The standard InChI is InChI=1S/C18H21ClFN5O2/c1-21-17(27)18(22-15-5-8-24(2)23-15)6-9-25(10-7-18)16(26)12-3-4-14(20)13(19)11-12/h3-5,8,11H,6-7,9-10H2,1-2H3,(H,21,27)(H,22,23). The number of nitrogens with one attached hydrogen (secondary N) is 2. The van der Waals surface area contributed by atoms with E-state index in [1.54, 1.807) is 35.9 Å². The lowest BCUT2D eigenvalue weighted by atomic mass is 9.86. The summed E-state index contributed by atoms with van der Waals surface area (Å²) in [6, 6.07) is 5.71. The van der Waals surface area contributed by atoms with Crippen LogP contribution in [0.4, 0.5) is 10.2 Å². The Bertz CT molecular complexity index is 861. The number of hydrogen-bond donors (Lipinski definition) is 2. The van der Waals surface area contributed by atoms with E-state index in [9.17, 15) is 14.0 Å². The quantitative estimate of drug-likeness (QED) is 0.833. The summed E-state index contributed by atoms with van der Waals surface area (Å²) in [7, 11) is 3.38. The highest BCUT2D eigenvalue weighted by Crippen LogP contribution is 2.28. The first-order valence-electron chi connectivity index (χ1n) is 8.59. The molecule has 2 aromatic rings. The second-order valence-corrected chi connectivity index (χ2v) is 6.99. The molecule has 0 saturated carbocycles. The SMILES string of the molecule is CNC(=O)C1(Nc2ccn(C)n2)CCN(C(=O)c2ccc(F)c(Cl)c2)CC1. The number of nitrogens with zero attached hydrogens (tertiary/aromatic N) is 3. The summed E-state index contributed by atoms with van der Waals surface area (Å²) in [6.07, 6.45) is 2.63. The zero-order valence-electron chi connectivity index (χ0n) is 15.1. The molecule has 0 spiro atoms. The maximum Gasteiger partial charge on any atom is 0.253 e. The molecule has 2 heterocycles. The largest absolute Gasteiger partial charge is 0.357 e. The minimum atomic E-state index is -0.847. The number of likely N-dealkylation sites (N-methyl/N-ethyl adjacent to an activating group) is 1. The van der Waals surface area contributed by atoms with Crippen molar-refractivity contribution in [2.45, 2.75) is 18.4 Å². The van der Waals surface area contributed by atoms with Crippen molar-refractivity contribution < 1.29 is 14.0 Å². The van der Waals surface area contributed by atoms with Gasteiger partial charge in [0, 0.05) is 45.0 Å². The van der Waals surface area contributed by atoms with Crippen LogP contribution in [0.2, 0.25) is 5.02 Å². The fourth-order valence-corrected chi connectivity index (χ4v) is 3.46. The summed E-state index contributed by atoms with van der Waals surface area (Å²) in [5.41, 5.74) is -0.521. The summed E-state index contributed by atoms with van der Waals surface area (Å²) >= 11 is 5.78. The summed E-state index contributed by atoms with van der Waals surface area (Å²) in [5, 5.41) is 10.1. The third-order valence-electron chi connectivity index (χ3n) is 4.81. The van der Waals surface area contributed by atoms with Crippen molar-refractivity contribution in [1.29, 1.82) is 0 Å². The van der Waals surface area contributed by atoms with E-state index in [0.717, 1.165) is 0 Å². The van der Waals surface area contributed by atoms with Crippen molar-refractivity contribution >= 4 is 29.2 Å². The van der Waals surface area contributed by atoms with Crippen LogP contribution >= 0.6 is 11.6 Å². The Balaban J connectivity index is 1.74. The van der Waals surface area contributed by atoms with Crippen molar-refractivity contribution in [2.24, 2.45) is 7.05 Å². The first-order chi connectivity index (χ1) is 12.8. The maximum atomic E-state index is 13.3. The molecule has 1 aliphatic rings. The highest BCUT2D eigenvalue weighted by Gasteiger charge is 2.42. The number of likely N-dealkylation sites (tertiary alicyclic amines) is 1. The number of anilines is 1. The monoisotopic (exact) mass is 393 g/mol. The molecule has 0 bridgehead atoms. The zero-order valence-corrected chi connectivity index (χ0v) is 15.9. The predicted octanol–water partition coefficient (Wildman–Crippen LogP) is 2.05. The molecule has 0 unspecified atom stereocenters. The molecule has 27 heavy (non-hydrogen) atoms. The second-order valence-electron chi connectivity index (χ2n) is 6.58. The second kappa shape index (κ2) is 7.56. The summed E-state index contributed by atoms with van der Waals surface area (Å²) in [5.74, 6) is -0.346. The Hall–Kier alpha value is -2.61. The van der Waals surface area contributed by atoms with Crippen LogP contribution in [0.5, 0.6) is 0 Å². The van der Waals surface area contributed by atoms with Crippen LogP contribution < -0.4 is 10.6 Å². The van der Waals surface area contributed by atoms with Gasteiger partial charge in [0.25, 0.3) is 5.91 Å². The van der Waals surface area contributed by atoms with Crippen LogP contribution in [0.3, 0.4) is 0 Å². The van der Waals surface area contributed by atoms with Gasteiger partial charge in [0.1, 0.15) is 17.2 Å². The van der Waals surface area contributed by atoms with Crippen LogP contribution in [0.25, 0.3) is 0 Å². The first kappa shape index (κ1) is 19.2. The van der Waals surface area contributed by atoms with Gasteiger partial charge in [-0.2, -0.15) is 5.10 Å². The van der Waals surface area contributed by atoms with E-state index >= 15 is 0 Å². The van der Waals surface area contributed by atoms with Gasteiger partial charge in [-0.05, 0) is 31.0 Å². The summed E-state index contributed by atoms with van der Waals surface area (Å²) < 4.78 is 15.0. The maximum absolute atomic E-state index is 13.3. The third-order valence-corrected chi connectivity index (χ3v) is 5.10. The van der Waals surface area contributed by atoms with E-state index in [1.807, 2.05) is 0 Å². The number of aromatic nitrogens is 2. The summed E-state index contributed by atoms with van der Waals surface area (Å²) in [6.45, 7) is 0.752. The fourth-order valence-electron chi connectivity index (χ4n) is 3.28. The minimum Gasteiger partial charge on any atom is -0.357 e. The van der Waals surface area contributed by atoms with Crippen LogP contribution in [-0.4, -0.2) is 52.2 Å². The highest BCUT2D eigenvalue weighted by atomic mass is 35.5.